The molecule has 22 heavy (non-hydrogen) atoms. The lowest BCUT2D eigenvalue weighted by Gasteiger charge is -2.19. The van der Waals surface area contributed by atoms with Crippen LogP contribution in [0.25, 0.3) is 5.57 Å². The number of aliphatic carboxylic acids is 1. The molecular formula is C18H22O4. The van der Waals surface area contributed by atoms with E-state index >= 15 is 0 Å². The zero-order valence-electron chi connectivity index (χ0n) is 13.3. The maximum absolute atomic E-state index is 11.8. The summed E-state index contributed by atoms with van der Waals surface area (Å²) >= 11 is 0. The Kier molecular flexibility index (Phi) is 4.69. The second-order valence-electron chi connectivity index (χ2n) is 6.58. The number of carbonyl (C=O) groups is 2. The molecule has 1 N–H and O–H groups in total. The maximum Gasteiger partial charge on any atom is 0.307 e. The van der Waals surface area contributed by atoms with Gasteiger partial charge in [-0.05, 0) is 55.9 Å². The molecular weight excluding hydrogens is 280 g/mol. The van der Waals surface area contributed by atoms with E-state index in [4.69, 9.17) is 9.84 Å². The number of allylic oxidation sites excluding steroid dienone is 1. The Labute approximate surface area is 130 Å². The van der Waals surface area contributed by atoms with Gasteiger partial charge in [0.1, 0.15) is 5.60 Å². The Bertz CT molecular complexity index is 620. The molecule has 0 heterocycles. The van der Waals surface area contributed by atoms with Gasteiger partial charge in [0.2, 0.25) is 0 Å². The van der Waals surface area contributed by atoms with E-state index in [1.807, 2.05) is 45.0 Å². The van der Waals surface area contributed by atoms with Gasteiger partial charge in [-0.25, -0.2) is 0 Å². The molecule has 0 amide bonds. The summed E-state index contributed by atoms with van der Waals surface area (Å²) in [6.07, 6.45) is 3.72. The molecule has 1 aliphatic carbocycles. The highest BCUT2D eigenvalue weighted by molar-refractivity contribution is 5.87. The molecule has 0 aliphatic heterocycles. The van der Waals surface area contributed by atoms with Crippen molar-refractivity contribution in [2.75, 3.05) is 0 Å². The lowest BCUT2D eigenvalue weighted by Crippen LogP contribution is -2.24. The monoisotopic (exact) mass is 302 g/mol. The predicted octanol–water partition coefficient (Wildman–Crippen LogP) is 3.38. The van der Waals surface area contributed by atoms with Crippen molar-refractivity contribution in [2.24, 2.45) is 0 Å². The Balaban J connectivity index is 2.01. The minimum Gasteiger partial charge on any atom is -0.481 e. The second kappa shape index (κ2) is 6.34. The van der Waals surface area contributed by atoms with Crippen LogP contribution in [0.3, 0.4) is 0 Å². The molecule has 0 aromatic heterocycles. The molecule has 4 nitrogen and oxygen atoms in total. The van der Waals surface area contributed by atoms with E-state index in [0.29, 0.717) is 12.8 Å². The summed E-state index contributed by atoms with van der Waals surface area (Å²) < 4.78 is 5.30. The molecule has 0 bridgehead atoms. The van der Waals surface area contributed by atoms with Gasteiger partial charge >= 0.3 is 11.9 Å². The van der Waals surface area contributed by atoms with Crippen LogP contribution in [0.2, 0.25) is 0 Å². The summed E-state index contributed by atoms with van der Waals surface area (Å²) in [5.74, 6) is -1.03. The molecule has 1 aliphatic rings. The Morgan fingerprint density at radius 2 is 2.00 bits per heavy atom. The summed E-state index contributed by atoms with van der Waals surface area (Å²) in [6.45, 7) is 5.55. The molecule has 1 aromatic carbocycles. The van der Waals surface area contributed by atoms with Gasteiger partial charge in [-0.2, -0.15) is 0 Å². The lowest BCUT2D eigenvalue weighted by molar-refractivity contribution is -0.154. The predicted molar refractivity (Wildman–Crippen MR) is 84.5 cm³/mol. The van der Waals surface area contributed by atoms with Gasteiger partial charge in [0.25, 0.3) is 0 Å². The Hall–Kier alpha value is -2.10. The van der Waals surface area contributed by atoms with Crippen LogP contribution in [0.5, 0.6) is 0 Å². The molecule has 0 spiro atoms. The van der Waals surface area contributed by atoms with Crippen molar-refractivity contribution >= 4 is 17.5 Å². The molecule has 0 unspecified atom stereocenters. The number of carbonyl (C=O) groups excluding carboxylic acids is 1. The molecule has 1 aromatic rings. The normalized spacial score (nSPS) is 13.5. The van der Waals surface area contributed by atoms with Crippen LogP contribution >= 0.6 is 0 Å². The highest BCUT2D eigenvalue weighted by Gasteiger charge is 2.18. The molecule has 0 fully saturated rings. The smallest absolute Gasteiger partial charge is 0.307 e. The maximum atomic E-state index is 11.8. The fraction of sp³-hybridized carbons (Fsp3) is 0.444. The van der Waals surface area contributed by atoms with Crippen LogP contribution < -0.4 is 0 Å². The lowest BCUT2D eigenvalue weighted by atomic mass is 9.98. The third kappa shape index (κ3) is 4.45. The first-order valence-corrected chi connectivity index (χ1v) is 7.49. The van der Waals surface area contributed by atoms with Gasteiger partial charge in [-0.1, -0.05) is 24.3 Å². The van der Waals surface area contributed by atoms with Crippen molar-refractivity contribution in [3.05, 3.63) is 41.0 Å². The third-order valence-electron chi connectivity index (χ3n) is 3.47. The minimum atomic E-state index is -0.821. The topological polar surface area (TPSA) is 63.6 Å². The molecule has 0 atom stereocenters. The van der Waals surface area contributed by atoms with Crippen LogP contribution in [0.1, 0.15) is 50.3 Å². The van der Waals surface area contributed by atoms with Crippen LogP contribution in [-0.4, -0.2) is 22.6 Å². The van der Waals surface area contributed by atoms with E-state index in [-0.39, 0.29) is 12.4 Å². The number of esters is 1. The van der Waals surface area contributed by atoms with E-state index in [9.17, 15) is 9.59 Å². The van der Waals surface area contributed by atoms with Crippen molar-refractivity contribution in [3.8, 4) is 0 Å². The first-order valence-electron chi connectivity index (χ1n) is 7.49. The minimum absolute atomic E-state index is 0.0442. The number of carboxylic acids is 1. The number of fused-ring (bicyclic) bond motifs is 1. The second-order valence-corrected chi connectivity index (χ2v) is 6.58. The quantitative estimate of drug-likeness (QED) is 0.847. The molecule has 0 saturated carbocycles. The van der Waals surface area contributed by atoms with E-state index in [2.05, 4.69) is 0 Å². The van der Waals surface area contributed by atoms with Crippen molar-refractivity contribution in [3.63, 3.8) is 0 Å². The third-order valence-corrected chi connectivity index (χ3v) is 3.47. The van der Waals surface area contributed by atoms with Crippen LogP contribution in [0, 0.1) is 0 Å². The number of carboxylic acid groups (broad SMARTS) is 1. The van der Waals surface area contributed by atoms with Crippen molar-refractivity contribution in [1.82, 2.24) is 0 Å². The molecule has 0 radical (unpaired) electrons. The number of benzene rings is 1. The summed E-state index contributed by atoms with van der Waals surface area (Å²) in [7, 11) is 0. The average Bonchev–Trinajstić information content (AvgIpc) is 2.76. The Morgan fingerprint density at radius 1 is 1.27 bits per heavy atom. The highest BCUT2D eigenvalue weighted by Crippen LogP contribution is 2.31. The van der Waals surface area contributed by atoms with Gasteiger partial charge in [0.15, 0.2) is 0 Å². The van der Waals surface area contributed by atoms with E-state index in [1.54, 1.807) is 0 Å². The summed E-state index contributed by atoms with van der Waals surface area (Å²) in [5, 5.41) is 8.95. The van der Waals surface area contributed by atoms with Gasteiger partial charge < -0.3 is 9.84 Å². The fourth-order valence-corrected chi connectivity index (χ4v) is 2.57. The van der Waals surface area contributed by atoms with E-state index < -0.39 is 11.6 Å². The van der Waals surface area contributed by atoms with Crippen LogP contribution in [-0.2, 0) is 27.2 Å². The molecule has 118 valence electrons. The number of rotatable bonds is 5. The van der Waals surface area contributed by atoms with Crippen molar-refractivity contribution in [1.29, 1.82) is 0 Å². The fourth-order valence-electron chi connectivity index (χ4n) is 2.57. The first-order chi connectivity index (χ1) is 10.2. The molecule has 2 rings (SSSR count). The summed E-state index contributed by atoms with van der Waals surface area (Å²) in [6, 6.07) is 6.02. The number of ether oxygens (including phenoxy) is 1. The molecule has 4 heteroatoms. The van der Waals surface area contributed by atoms with Gasteiger partial charge in [-0.15, -0.1) is 0 Å². The highest BCUT2D eigenvalue weighted by atomic mass is 16.6. The van der Waals surface area contributed by atoms with Gasteiger partial charge in [-0.3, -0.25) is 9.59 Å². The standard InChI is InChI=1S/C18H22O4/c1-18(2,3)22-17(21)9-5-12-4-6-13-7-8-14(11-16(19)20)15(13)10-12/h4,6,8,10H,5,7,9,11H2,1-3H3,(H,19,20). The van der Waals surface area contributed by atoms with Crippen LogP contribution in [0.15, 0.2) is 24.3 Å². The zero-order valence-corrected chi connectivity index (χ0v) is 13.3. The van der Waals surface area contributed by atoms with Crippen molar-refractivity contribution in [2.45, 2.75) is 52.1 Å². The zero-order chi connectivity index (χ0) is 16.3. The number of aryl methyl sites for hydroxylation is 1. The SMILES string of the molecule is CC(C)(C)OC(=O)CCc1ccc2c(c1)C(CC(=O)O)=CC2. The average molecular weight is 302 g/mol. The van der Waals surface area contributed by atoms with Crippen LogP contribution in [0.4, 0.5) is 0 Å². The van der Waals surface area contributed by atoms with Gasteiger partial charge in [0.05, 0.1) is 6.42 Å². The van der Waals surface area contributed by atoms with E-state index in [0.717, 1.165) is 28.7 Å². The van der Waals surface area contributed by atoms with Gasteiger partial charge in [0, 0.05) is 6.42 Å². The van der Waals surface area contributed by atoms with Crippen molar-refractivity contribution < 1.29 is 19.4 Å². The Morgan fingerprint density at radius 3 is 2.64 bits per heavy atom. The summed E-state index contributed by atoms with van der Waals surface area (Å²) in [5.41, 5.74) is 3.58. The first kappa shape index (κ1) is 16.3. The summed E-state index contributed by atoms with van der Waals surface area (Å²) in [4.78, 5) is 22.7. The number of hydrogen-bond donors (Lipinski definition) is 1. The molecule has 0 saturated heterocycles. The largest absolute Gasteiger partial charge is 0.481 e. The van der Waals surface area contributed by atoms with E-state index in [1.165, 1.54) is 0 Å². The number of hydrogen-bond acceptors (Lipinski definition) is 3.